The molecule has 0 bridgehead atoms. The summed E-state index contributed by atoms with van der Waals surface area (Å²) in [6, 6.07) is 7.44. The predicted molar refractivity (Wildman–Crippen MR) is 72.6 cm³/mol. The molecule has 2 aromatic rings. The highest BCUT2D eigenvalue weighted by Gasteiger charge is 2.27. The minimum Gasteiger partial charge on any atom is -0.366 e. The van der Waals surface area contributed by atoms with Crippen LogP contribution >= 0.6 is 0 Å². The van der Waals surface area contributed by atoms with Gasteiger partial charge in [0.2, 0.25) is 0 Å². The smallest absolute Gasteiger partial charge is 0.251 e. The number of amides is 1. The summed E-state index contributed by atoms with van der Waals surface area (Å²) in [5, 5.41) is 0. The molecule has 0 radical (unpaired) electrons. The third-order valence-electron chi connectivity index (χ3n) is 3.66. The van der Waals surface area contributed by atoms with Gasteiger partial charge in [-0.1, -0.05) is 12.5 Å². The average Bonchev–Trinajstić information content (AvgIpc) is 2.37. The molecule has 1 amide bonds. The van der Waals surface area contributed by atoms with E-state index in [1.807, 2.05) is 24.3 Å². The maximum atomic E-state index is 11.8. The zero-order valence-corrected chi connectivity index (χ0v) is 10.5. The Morgan fingerprint density at radius 1 is 1.16 bits per heavy atom. The highest BCUT2D eigenvalue weighted by molar-refractivity contribution is 6.00. The van der Waals surface area contributed by atoms with Crippen molar-refractivity contribution in [2.45, 2.75) is 25.2 Å². The molecular formula is C15H15N3O. The van der Waals surface area contributed by atoms with Crippen LogP contribution in [0, 0.1) is 0 Å². The third kappa shape index (κ3) is 2.10. The first-order chi connectivity index (χ1) is 9.27. The van der Waals surface area contributed by atoms with Gasteiger partial charge in [-0.25, -0.2) is 0 Å². The molecule has 1 saturated carbocycles. The van der Waals surface area contributed by atoms with E-state index in [1.54, 1.807) is 12.4 Å². The largest absolute Gasteiger partial charge is 0.366 e. The lowest BCUT2D eigenvalue weighted by atomic mass is 9.80. The summed E-state index contributed by atoms with van der Waals surface area (Å²) in [6.07, 6.45) is 6.81. The molecule has 0 saturated heterocycles. The number of hydrogen-bond donors (Lipinski definition) is 1. The summed E-state index contributed by atoms with van der Waals surface area (Å²) < 4.78 is 0. The van der Waals surface area contributed by atoms with E-state index in [0.29, 0.717) is 11.5 Å². The lowest BCUT2D eigenvalue weighted by Crippen LogP contribution is -2.21. The molecule has 1 aliphatic carbocycles. The monoisotopic (exact) mass is 253 g/mol. The SMILES string of the molecule is NC(=O)c1c(-c2ccccn2)ccnc1C1CCC1. The zero-order valence-electron chi connectivity index (χ0n) is 10.5. The first-order valence-electron chi connectivity index (χ1n) is 6.47. The second kappa shape index (κ2) is 4.80. The van der Waals surface area contributed by atoms with Crippen LogP contribution < -0.4 is 5.73 Å². The summed E-state index contributed by atoms with van der Waals surface area (Å²) in [4.78, 5) is 20.5. The van der Waals surface area contributed by atoms with Gasteiger partial charge >= 0.3 is 0 Å². The molecule has 4 heteroatoms. The van der Waals surface area contributed by atoms with Gasteiger partial charge in [0.15, 0.2) is 0 Å². The van der Waals surface area contributed by atoms with Gasteiger partial charge in [-0.2, -0.15) is 0 Å². The fourth-order valence-corrected chi connectivity index (χ4v) is 2.46. The highest BCUT2D eigenvalue weighted by Crippen LogP contribution is 2.38. The molecule has 1 fully saturated rings. The van der Waals surface area contributed by atoms with Crippen LogP contribution in [-0.4, -0.2) is 15.9 Å². The highest BCUT2D eigenvalue weighted by atomic mass is 16.1. The van der Waals surface area contributed by atoms with E-state index in [9.17, 15) is 4.79 Å². The molecule has 0 atom stereocenters. The number of carbonyl (C=O) groups is 1. The second-order valence-corrected chi connectivity index (χ2v) is 4.83. The van der Waals surface area contributed by atoms with Gasteiger partial charge in [0, 0.05) is 23.9 Å². The van der Waals surface area contributed by atoms with Gasteiger partial charge in [0.1, 0.15) is 0 Å². The lowest BCUT2D eigenvalue weighted by Gasteiger charge is -2.26. The number of carbonyl (C=O) groups excluding carboxylic acids is 1. The molecular weight excluding hydrogens is 238 g/mol. The van der Waals surface area contributed by atoms with Gasteiger partial charge in [-0.05, 0) is 31.0 Å². The van der Waals surface area contributed by atoms with Crippen LogP contribution in [0.2, 0.25) is 0 Å². The number of nitrogens with two attached hydrogens (primary N) is 1. The Kier molecular flexibility index (Phi) is 2.99. The van der Waals surface area contributed by atoms with Crippen LogP contribution in [0.3, 0.4) is 0 Å². The Morgan fingerprint density at radius 3 is 2.58 bits per heavy atom. The Hall–Kier alpha value is -2.23. The predicted octanol–water partition coefficient (Wildman–Crippen LogP) is 2.51. The van der Waals surface area contributed by atoms with Crippen molar-refractivity contribution in [2.24, 2.45) is 5.73 Å². The normalized spacial score (nSPS) is 14.9. The third-order valence-corrected chi connectivity index (χ3v) is 3.66. The molecule has 2 aromatic heterocycles. The lowest BCUT2D eigenvalue weighted by molar-refractivity contribution is 0.0998. The van der Waals surface area contributed by atoms with Crippen LogP contribution in [0.15, 0.2) is 36.7 Å². The van der Waals surface area contributed by atoms with Gasteiger partial charge < -0.3 is 5.73 Å². The molecule has 0 aromatic carbocycles. The van der Waals surface area contributed by atoms with Gasteiger partial charge in [-0.3, -0.25) is 14.8 Å². The van der Waals surface area contributed by atoms with E-state index >= 15 is 0 Å². The molecule has 0 unspecified atom stereocenters. The van der Waals surface area contributed by atoms with Gasteiger partial charge in [-0.15, -0.1) is 0 Å². The summed E-state index contributed by atoms with van der Waals surface area (Å²) in [5.41, 5.74) is 8.48. The number of nitrogens with zero attached hydrogens (tertiary/aromatic N) is 2. The van der Waals surface area contributed by atoms with Crippen molar-refractivity contribution in [2.75, 3.05) is 0 Å². The van der Waals surface area contributed by atoms with Gasteiger partial charge in [0.05, 0.1) is 17.0 Å². The van der Waals surface area contributed by atoms with Crippen molar-refractivity contribution < 1.29 is 4.79 Å². The zero-order chi connectivity index (χ0) is 13.2. The van der Waals surface area contributed by atoms with Crippen molar-refractivity contribution >= 4 is 5.91 Å². The van der Waals surface area contributed by atoms with Crippen LogP contribution in [0.1, 0.15) is 41.2 Å². The van der Waals surface area contributed by atoms with Crippen molar-refractivity contribution in [1.82, 2.24) is 9.97 Å². The van der Waals surface area contributed by atoms with Crippen molar-refractivity contribution in [1.29, 1.82) is 0 Å². The van der Waals surface area contributed by atoms with E-state index in [4.69, 9.17) is 5.73 Å². The van der Waals surface area contributed by atoms with Crippen LogP contribution in [-0.2, 0) is 0 Å². The van der Waals surface area contributed by atoms with Crippen LogP contribution in [0.5, 0.6) is 0 Å². The van der Waals surface area contributed by atoms with Crippen molar-refractivity contribution in [3.63, 3.8) is 0 Å². The summed E-state index contributed by atoms with van der Waals surface area (Å²) in [7, 11) is 0. The van der Waals surface area contributed by atoms with E-state index < -0.39 is 5.91 Å². The second-order valence-electron chi connectivity index (χ2n) is 4.83. The first kappa shape index (κ1) is 11.8. The fraction of sp³-hybridized carbons (Fsp3) is 0.267. The number of aromatic nitrogens is 2. The summed E-state index contributed by atoms with van der Waals surface area (Å²) >= 11 is 0. The minimum atomic E-state index is -0.421. The number of pyridine rings is 2. The Balaban J connectivity index is 2.16. The van der Waals surface area contributed by atoms with Gasteiger partial charge in [0.25, 0.3) is 5.91 Å². The number of rotatable bonds is 3. The van der Waals surface area contributed by atoms with Crippen molar-refractivity contribution in [3.05, 3.63) is 47.9 Å². The molecule has 96 valence electrons. The Morgan fingerprint density at radius 2 is 2.00 bits per heavy atom. The molecule has 0 spiro atoms. The molecule has 2 N–H and O–H groups in total. The van der Waals surface area contributed by atoms with Crippen LogP contribution in [0.25, 0.3) is 11.3 Å². The molecule has 4 nitrogen and oxygen atoms in total. The first-order valence-corrected chi connectivity index (χ1v) is 6.47. The summed E-state index contributed by atoms with van der Waals surface area (Å²) in [6.45, 7) is 0. The quantitative estimate of drug-likeness (QED) is 0.913. The standard InChI is InChI=1S/C15H15N3O/c16-15(19)13-11(12-6-1-2-8-17-12)7-9-18-14(13)10-4-3-5-10/h1-2,6-10H,3-5H2,(H2,16,19). The molecule has 2 heterocycles. The van der Waals surface area contributed by atoms with E-state index in [1.165, 1.54) is 6.42 Å². The average molecular weight is 253 g/mol. The van der Waals surface area contributed by atoms with E-state index in [-0.39, 0.29) is 0 Å². The van der Waals surface area contributed by atoms with Crippen molar-refractivity contribution in [3.8, 4) is 11.3 Å². The number of hydrogen-bond acceptors (Lipinski definition) is 3. The fourth-order valence-electron chi connectivity index (χ4n) is 2.46. The van der Waals surface area contributed by atoms with E-state index in [2.05, 4.69) is 9.97 Å². The topological polar surface area (TPSA) is 68.9 Å². The summed E-state index contributed by atoms with van der Waals surface area (Å²) in [5.74, 6) is -0.0539. The molecule has 1 aliphatic rings. The Labute approximate surface area is 111 Å². The minimum absolute atomic E-state index is 0.367. The molecule has 19 heavy (non-hydrogen) atoms. The molecule has 3 rings (SSSR count). The maximum absolute atomic E-state index is 11.8. The van der Waals surface area contributed by atoms with E-state index in [0.717, 1.165) is 29.8 Å². The number of primary amides is 1. The maximum Gasteiger partial charge on any atom is 0.251 e. The Bertz CT molecular complexity index is 606. The molecule has 0 aliphatic heterocycles. The van der Waals surface area contributed by atoms with Crippen LogP contribution in [0.4, 0.5) is 0 Å².